The molecule has 7 rings (SSSR count). The molecular weight excluding hydrogens is 534 g/mol. The van der Waals surface area contributed by atoms with Gasteiger partial charge in [-0.1, -0.05) is 6.07 Å². The highest BCUT2D eigenvalue weighted by molar-refractivity contribution is 6.22. The second-order valence-electron chi connectivity index (χ2n) is 11.8. The molecule has 2 N–H and O–H groups in total. The molecule has 1 saturated heterocycles. The summed E-state index contributed by atoms with van der Waals surface area (Å²) in [5.74, 6) is -1.96. The number of carboxylic acid groups (broad SMARTS) is 1. The van der Waals surface area contributed by atoms with Crippen molar-refractivity contribution in [2.24, 2.45) is 5.92 Å². The minimum atomic E-state index is -1.09. The van der Waals surface area contributed by atoms with E-state index in [-0.39, 0.29) is 23.2 Å². The van der Waals surface area contributed by atoms with Crippen molar-refractivity contribution in [3.63, 3.8) is 0 Å². The number of carbonyl (C=O) groups is 3. The Balaban J connectivity index is 1.36. The number of piperidine rings is 1. The number of pyridine rings is 2. The number of Topliss-reactive ketones (excluding diaryl/α,β-unsaturated/α-hetero) is 2. The maximum absolute atomic E-state index is 14.7. The van der Waals surface area contributed by atoms with Crippen molar-refractivity contribution in [2.75, 3.05) is 13.1 Å². The van der Waals surface area contributed by atoms with E-state index >= 15 is 0 Å². The summed E-state index contributed by atoms with van der Waals surface area (Å²) < 4.78 is 8.49. The van der Waals surface area contributed by atoms with E-state index in [0.717, 1.165) is 18.5 Å². The van der Waals surface area contributed by atoms with Gasteiger partial charge in [-0.25, -0.2) is 14.5 Å². The maximum Gasteiger partial charge on any atom is 0.337 e. The molecule has 1 spiro atoms. The first kappa shape index (κ1) is 26.5. The molecule has 0 unspecified atom stereocenters. The molecule has 10 heteroatoms. The van der Waals surface area contributed by atoms with Crippen LogP contribution in [0.1, 0.15) is 88.3 Å². The molecule has 3 aromatic heterocycles. The third-order valence-corrected chi connectivity index (χ3v) is 8.71. The Morgan fingerprint density at radius 3 is 2.57 bits per heavy atom. The SMILES string of the molecule is CC(C)n1ncc2c(C(=O)[C@@H]3C(=O)c4cc(-c5cncc(C(=O)O)c5)ccc4OC34CCNCC4)cc(C3CC3)nc21. The first-order valence-corrected chi connectivity index (χ1v) is 14.4. The van der Waals surface area contributed by atoms with Gasteiger partial charge in [-0.2, -0.15) is 5.10 Å². The molecule has 0 radical (unpaired) electrons. The average Bonchev–Trinajstić information content (AvgIpc) is 3.75. The predicted octanol–water partition coefficient (Wildman–Crippen LogP) is 4.85. The summed E-state index contributed by atoms with van der Waals surface area (Å²) in [6.45, 7) is 5.31. The predicted molar refractivity (Wildman–Crippen MR) is 154 cm³/mol. The summed E-state index contributed by atoms with van der Waals surface area (Å²) in [6, 6.07) is 8.65. The monoisotopic (exact) mass is 565 g/mol. The lowest BCUT2D eigenvalue weighted by Crippen LogP contribution is -2.58. The smallest absolute Gasteiger partial charge is 0.337 e. The van der Waals surface area contributed by atoms with Gasteiger partial charge in [0.1, 0.15) is 17.3 Å². The number of rotatable bonds is 6. The second-order valence-corrected chi connectivity index (χ2v) is 11.8. The number of ether oxygens (including phenoxy) is 1. The van der Waals surface area contributed by atoms with Gasteiger partial charge in [0.15, 0.2) is 17.2 Å². The summed E-state index contributed by atoms with van der Waals surface area (Å²) in [7, 11) is 0. The molecular formula is C32H31N5O5. The number of nitrogens with zero attached hydrogens (tertiary/aromatic N) is 4. The van der Waals surface area contributed by atoms with Crippen LogP contribution in [0.25, 0.3) is 22.2 Å². The number of aromatic nitrogens is 4. The lowest BCUT2D eigenvalue weighted by Gasteiger charge is -2.45. The molecule has 1 aliphatic carbocycles. The van der Waals surface area contributed by atoms with Crippen LogP contribution in [0.4, 0.5) is 0 Å². The number of carbonyl (C=O) groups excluding carboxylic acids is 2. The summed E-state index contributed by atoms with van der Waals surface area (Å²) in [4.78, 5) is 49.7. The molecule has 1 atom stereocenters. The van der Waals surface area contributed by atoms with E-state index in [2.05, 4.69) is 15.4 Å². The minimum absolute atomic E-state index is 0.0459. The van der Waals surface area contributed by atoms with E-state index < -0.39 is 17.5 Å². The van der Waals surface area contributed by atoms with E-state index in [1.807, 2.05) is 24.6 Å². The van der Waals surface area contributed by atoms with Gasteiger partial charge in [0, 0.05) is 59.4 Å². The molecule has 214 valence electrons. The summed E-state index contributed by atoms with van der Waals surface area (Å²) in [5.41, 5.74) is 2.54. The summed E-state index contributed by atoms with van der Waals surface area (Å²) in [6.07, 6.45) is 7.59. The van der Waals surface area contributed by atoms with Gasteiger partial charge in [-0.15, -0.1) is 0 Å². The zero-order valence-corrected chi connectivity index (χ0v) is 23.5. The standard InChI is InChI=1S/C32H31N5O5/c1-17(2)37-30-24(16-35-37)22(13-25(36-30)18-3-4-18)28(38)27-29(39)23-12-19(20-11-21(31(40)41)15-34-14-20)5-6-26(23)42-32(27)7-9-33-10-8-32/h5-6,11-18,27,33H,3-4,7-10H2,1-2H3,(H,40,41)/t27-/m1/s1. The van der Waals surface area contributed by atoms with Crippen molar-refractivity contribution in [3.05, 3.63) is 71.3 Å². The molecule has 4 aromatic rings. The molecule has 42 heavy (non-hydrogen) atoms. The number of aromatic carboxylic acids is 1. The third kappa shape index (κ3) is 4.28. The van der Waals surface area contributed by atoms with Crippen molar-refractivity contribution in [1.82, 2.24) is 25.1 Å². The van der Waals surface area contributed by atoms with Crippen molar-refractivity contribution < 1.29 is 24.2 Å². The fourth-order valence-electron chi connectivity index (χ4n) is 6.34. The van der Waals surface area contributed by atoms with Crippen LogP contribution in [-0.2, 0) is 0 Å². The normalized spacial score (nSPS) is 19.6. The third-order valence-electron chi connectivity index (χ3n) is 8.71. The molecule has 3 aliphatic rings. The number of hydrogen-bond acceptors (Lipinski definition) is 8. The van der Waals surface area contributed by atoms with Crippen LogP contribution in [0.15, 0.2) is 48.9 Å². The van der Waals surface area contributed by atoms with Crippen molar-refractivity contribution >= 4 is 28.6 Å². The van der Waals surface area contributed by atoms with E-state index in [0.29, 0.717) is 70.9 Å². The second kappa shape index (κ2) is 9.84. The Morgan fingerprint density at radius 1 is 1.07 bits per heavy atom. The van der Waals surface area contributed by atoms with Gasteiger partial charge < -0.3 is 15.2 Å². The zero-order chi connectivity index (χ0) is 29.2. The van der Waals surface area contributed by atoms with Crippen molar-refractivity contribution in [2.45, 2.75) is 57.1 Å². The van der Waals surface area contributed by atoms with Gasteiger partial charge >= 0.3 is 5.97 Å². The van der Waals surface area contributed by atoms with Crippen LogP contribution in [0, 0.1) is 5.92 Å². The van der Waals surface area contributed by atoms with Crippen LogP contribution in [-0.4, -0.2) is 61.1 Å². The number of nitrogens with one attached hydrogen (secondary N) is 1. The zero-order valence-electron chi connectivity index (χ0n) is 23.5. The fraction of sp³-hybridized carbons (Fsp3) is 0.375. The Morgan fingerprint density at radius 2 is 1.86 bits per heavy atom. The number of carboxylic acids is 1. The van der Waals surface area contributed by atoms with Gasteiger partial charge in [0.25, 0.3) is 0 Å². The molecule has 2 aliphatic heterocycles. The topological polar surface area (TPSA) is 136 Å². The van der Waals surface area contributed by atoms with Crippen LogP contribution < -0.4 is 10.1 Å². The first-order chi connectivity index (χ1) is 20.3. The largest absolute Gasteiger partial charge is 0.485 e. The molecule has 5 heterocycles. The lowest BCUT2D eigenvalue weighted by molar-refractivity contribution is -0.0137. The fourth-order valence-corrected chi connectivity index (χ4v) is 6.34. The maximum atomic E-state index is 14.7. The molecule has 1 saturated carbocycles. The first-order valence-electron chi connectivity index (χ1n) is 14.4. The van der Waals surface area contributed by atoms with Crippen LogP contribution >= 0.6 is 0 Å². The van der Waals surface area contributed by atoms with Crippen molar-refractivity contribution in [1.29, 1.82) is 0 Å². The van der Waals surface area contributed by atoms with E-state index in [4.69, 9.17) is 9.72 Å². The van der Waals surface area contributed by atoms with E-state index in [1.165, 1.54) is 12.3 Å². The van der Waals surface area contributed by atoms with Gasteiger partial charge in [0.2, 0.25) is 0 Å². The Hall–Kier alpha value is -4.44. The number of hydrogen-bond donors (Lipinski definition) is 2. The highest BCUT2D eigenvalue weighted by Crippen LogP contribution is 2.46. The quantitative estimate of drug-likeness (QED) is 0.248. The van der Waals surface area contributed by atoms with E-state index in [1.54, 1.807) is 30.6 Å². The number of ketones is 2. The van der Waals surface area contributed by atoms with Gasteiger partial charge in [-0.3, -0.25) is 14.6 Å². The van der Waals surface area contributed by atoms with Gasteiger partial charge in [0.05, 0.1) is 17.3 Å². The highest BCUT2D eigenvalue weighted by Gasteiger charge is 2.54. The number of benzene rings is 1. The van der Waals surface area contributed by atoms with Crippen LogP contribution in [0.2, 0.25) is 0 Å². The van der Waals surface area contributed by atoms with E-state index in [9.17, 15) is 19.5 Å². The minimum Gasteiger partial charge on any atom is -0.485 e. The molecule has 0 bridgehead atoms. The molecule has 0 amide bonds. The summed E-state index contributed by atoms with van der Waals surface area (Å²) in [5, 5.41) is 18.0. The summed E-state index contributed by atoms with van der Waals surface area (Å²) >= 11 is 0. The number of fused-ring (bicyclic) bond motifs is 2. The van der Waals surface area contributed by atoms with Gasteiger partial charge in [-0.05, 0) is 69.6 Å². The Bertz CT molecular complexity index is 1770. The van der Waals surface area contributed by atoms with Crippen LogP contribution in [0.3, 0.4) is 0 Å². The molecule has 10 nitrogen and oxygen atoms in total. The molecule has 1 aromatic carbocycles. The lowest BCUT2D eigenvalue weighted by atomic mass is 9.70. The van der Waals surface area contributed by atoms with Crippen molar-refractivity contribution in [3.8, 4) is 16.9 Å². The highest BCUT2D eigenvalue weighted by atomic mass is 16.5. The van der Waals surface area contributed by atoms with Crippen LogP contribution in [0.5, 0.6) is 5.75 Å². The Labute approximate surface area is 242 Å². The molecule has 2 fully saturated rings. The average molecular weight is 566 g/mol. The Kier molecular flexibility index (Phi) is 6.20.